The number of imidazole rings is 1. The van der Waals surface area contributed by atoms with Crippen LogP contribution in [0.15, 0.2) is 30.6 Å². The first-order chi connectivity index (χ1) is 25.6. The minimum absolute atomic E-state index is 0.00215. The lowest BCUT2D eigenvalue weighted by molar-refractivity contribution is -0.141. The lowest BCUT2D eigenvalue weighted by atomic mass is 10.2. The summed E-state index contributed by atoms with van der Waals surface area (Å²) in [6.07, 6.45) is -5.26. The first-order valence-corrected chi connectivity index (χ1v) is 17.7. The molecule has 2 saturated carbocycles. The van der Waals surface area contributed by atoms with Crippen molar-refractivity contribution in [1.29, 1.82) is 0 Å². The van der Waals surface area contributed by atoms with E-state index in [2.05, 4.69) is 26.0 Å². The van der Waals surface area contributed by atoms with Gasteiger partial charge in [-0.05, 0) is 39.0 Å². The zero-order valence-electron chi connectivity index (χ0n) is 29.8. The highest BCUT2D eigenvalue weighted by Crippen LogP contribution is 2.53. The number of nitrogens with one attached hydrogen (secondary N) is 3. The van der Waals surface area contributed by atoms with E-state index in [1.807, 2.05) is 0 Å². The molecule has 15 nitrogen and oxygen atoms in total. The number of hydrogen-bond acceptors (Lipinski definition) is 8. The quantitative estimate of drug-likeness (QED) is 0.258. The summed E-state index contributed by atoms with van der Waals surface area (Å²) in [4.78, 5) is 58.5. The Bertz CT molecular complexity index is 2050. The molecule has 0 radical (unpaired) electrons. The van der Waals surface area contributed by atoms with Gasteiger partial charge in [0.15, 0.2) is 11.5 Å². The number of urea groups is 1. The van der Waals surface area contributed by atoms with Crippen LogP contribution in [0.4, 0.5) is 37.2 Å². The number of aliphatic hydroxyl groups excluding tert-OH is 1. The molecule has 4 aliphatic rings. The maximum Gasteiger partial charge on any atom is 0.435 e. The number of fused-ring (bicyclic) bond motifs is 1. The monoisotopic (exact) mass is 797 g/mol. The molecule has 55 heavy (non-hydrogen) atoms. The van der Waals surface area contributed by atoms with Gasteiger partial charge >= 0.3 is 18.3 Å². The number of ether oxygens (including phenoxy) is 1. The number of aromatic nitrogens is 4. The lowest BCUT2D eigenvalue weighted by Crippen LogP contribution is -2.50. The topological polar surface area (TPSA) is 176 Å². The molecule has 3 aromatic rings. The highest BCUT2D eigenvalue weighted by Gasteiger charge is 2.60. The first kappa shape index (κ1) is 38.3. The van der Waals surface area contributed by atoms with E-state index in [-0.39, 0.29) is 58.8 Å². The van der Waals surface area contributed by atoms with E-state index >= 15 is 0 Å². The Morgan fingerprint density at radius 1 is 1.00 bits per heavy atom. The Labute approximate surface area is 315 Å². The summed E-state index contributed by atoms with van der Waals surface area (Å²) in [6, 6.07) is 1.35. The summed E-state index contributed by atoms with van der Waals surface area (Å²) in [6.45, 7) is 6.06. The van der Waals surface area contributed by atoms with Crippen LogP contribution in [0.1, 0.15) is 59.9 Å². The molecule has 1 aromatic carbocycles. The molecule has 0 bridgehead atoms. The van der Waals surface area contributed by atoms with E-state index in [1.54, 1.807) is 25.7 Å². The molecule has 6 atom stereocenters. The Morgan fingerprint density at radius 3 is 2.27 bits per heavy atom. The van der Waals surface area contributed by atoms with E-state index < -0.39 is 77.5 Å². The number of carbonyl (C=O) groups is 4. The van der Waals surface area contributed by atoms with E-state index in [1.165, 1.54) is 30.1 Å². The van der Waals surface area contributed by atoms with Gasteiger partial charge in [-0.25, -0.2) is 23.4 Å². The smallest absolute Gasteiger partial charge is 0.435 e. The first-order valence-electron chi connectivity index (χ1n) is 17.3. The van der Waals surface area contributed by atoms with Crippen molar-refractivity contribution in [2.45, 2.75) is 69.1 Å². The van der Waals surface area contributed by atoms with E-state index in [0.29, 0.717) is 17.8 Å². The fourth-order valence-electron chi connectivity index (χ4n) is 7.06. The molecule has 0 spiro atoms. The molecule has 296 valence electrons. The molecule has 4 N–H and O–H groups in total. The highest BCUT2D eigenvalue weighted by molar-refractivity contribution is 6.34. The van der Waals surface area contributed by atoms with Gasteiger partial charge in [0.05, 0.1) is 46.7 Å². The highest BCUT2D eigenvalue weighted by atomic mass is 35.5. The van der Waals surface area contributed by atoms with E-state index in [0.717, 1.165) is 17.0 Å². The van der Waals surface area contributed by atoms with Crippen LogP contribution in [0, 0.1) is 11.8 Å². The van der Waals surface area contributed by atoms with Crippen LogP contribution in [0.3, 0.4) is 0 Å². The van der Waals surface area contributed by atoms with Gasteiger partial charge in [0.1, 0.15) is 11.6 Å². The van der Waals surface area contributed by atoms with E-state index in [4.69, 9.17) is 16.3 Å². The van der Waals surface area contributed by atoms with Crippen molar-refractivity contribution in [3.63, 3.8) is 0 Å². The van der Waals surface area contributed by atoms with Crippen molar-refractivity contribution in [2.75, 3.05) is 31.5 Å². The molecular weight excluding hydrogens is 761 g/mol. The minimum atomic E-state index is -4.96. The largest absolute Gasteiger partial charge is 0.444 e. The standard InChI is InChI=1S/C34H37ClF5N9O6/c1-32(2,3)55-31(54)48-13-21(23(50)14-48)43-30(53)47-10-17-18(11-47)25(17)44-28(51)16-6-5-15(7-20(16)35)42-29(52)27-41-9-22(46(27)4)19-12-49(24-8-33(24,36)37)45-26(19)34(38,39)40/h5-7,9,12,17-18,21,23-25,50H,8,10-11,13-14H2,1-4H3,(H,42,52)(H,43,53)(H,44,51)/t17-,18+,21-,23-,24-,25?/m1/s1. The number of amides is 5. The molecule has 4 heterocycles. The second-order valence-electron chi connectivity index (χ2n) is 15.3. The predicted molar refractivity (Wildman–Crippen MR) is 183 cm³/mol. The number of halogens is 6. The number of hydrogen-bond donors (Lipinski definition) is 4. The third kappa shape index (κ3) is 7.65. The molecule has 2 aliphatic heterocycles. The van der Waals surface area contributed by atoms with Gasteiger partial charge in [0, 0.05) is 62.9 Å². The molecule has 2 aliphatic carbocycles. The third-order valence-electron chi connectivity index (χ3n) is 10.1. The second-order valence-corrected chi connectivity index (χ2v) is 15.7. The number of aliphatic hydroxyl groups is 1. The Hall–Kier alpha value is -4.98. The number of nitrogens with zero attached hydrogens (tertiary/aromatic N) is 6. The average Bonchev–Trinajstić information content (AvgIpc) is 3.52. The molecule has 2 aromatic heterocycles. The Morgan fingerprint density at radius 2 is 1.67 bits per heavy atom. The molecule has 4 fully saturated rings. The number of benzene rings is 1. The number of likely N-dealkylation sites (tertiary alicyclic amines) is 2. The zero-order valence-corrected chi connectivity index (χ0v) is 30.6. The maximum absolute atomic E-state index is 13.8. The van der Waals surface area contributed by atoms with E-state index in [9.17, 15) is 46.2 Å². The van der Waals surface area contributed by atoms with Gasteiger partial charge in [0.25, 0.3) is 17.7 Å². The zero-order chi connectivity index (χ0) is 39.9. The molecular formula is C34H37ClF5N9O6. The number of anilines is 1. The van der Waals surface area contributed by atoms with Crippen LogP contribution in [-0.2, 0) is 18.0 Å². The summed E-state index contributed by atoms with van der Waals surface area (Å²) in [5.74, 6) is -4.77. The van der Waals surface area contributed by atoms with Crippen LogP contribution < -0.4 is 16.0 Å². The number of piperidine rings is 1. The molecule has 1 unspecified atom stereocenters. The van der Waals surface area contributed by atoms with Crippen LogP contribution in [0.2, 0.25) is 5.02 Å². The number of β-amino-alcohol motifs (C(OH)–C–C–N with tert-alkyl or cyclic N) is 1. The average molecular weight is 798 g/mol. The number of alkyl halides is 5. The molecule has 7 rings (SSSR count). The molecule has 5 amide bonds. The summed E-state index contributed by atoms with van der Waals surface area (Å²) in [7, 11) is 1.29. The van der Waals surface area contributed by atoms with Crippen LogP contribution in [-0.4, -0.2) is 114 Å². The molecule has 21 heteroatoms. The van der Waals surface area contributed by atoms with Gasteiger partial charge in [-0.1, -0.05) is 11.6 Å². The Balaban J connectivity index is 0.916. The van der Waals surface area contributed by atoms with Crippen molar-refractivity contribution >= 4 is 41.2 Å². The van der Waals surface area contributed by atoms with Crippen LogP contribution >= 0.6 is 11.6 Å². The lowest BCUT2D eigenvalue weighted by Gasteiger charge is -2.25. The summed E-state index contributed by atoms with van der Waals surface area (Å²) >= 11 is 6.41. The SMILES string of the molecule is Cn1c(-c2cn([C@@H]3CC3(F)F)nc2C(F)(F)F)cnc1C(=O)Nc1ccc(C(=O)NC2[C@H]3CN(C(=O)N[C@@H]4CN(C(=O)OC(C)(C)C)C[C@H]4O)C[C@@H]23)c(Cl)c1. The van der Waals surface area contributed by atoms with Gasteiger partial charge in [-0.3, -0.25) is 14.3 Å². The van der Waals surface area contributed by atoms with Gasteiger partial charge in [-0.2, -0.15) is 18.3 Å². The molecule has 2 saturated heterocycles. The van der Waals surface area contributed by atoms with Crippen molar-refractivity contribution in [3.05, 3.63) is 52.7 Å². The van der Waals surface area contributed by atoms with Gasteiger partial charge < -0.3 is 40.2 Å². The Kier molecular flexibility index (Phi) is 9.30. The fourth-order valence-corrected chi connectivity index (χ4v) is 7.32. The third-order valence-corrected chi connectivity index (χ3v) is 10.4. The van der Waals surface area contributed by atoms with Crippen molar-refractivity contribution in [2.24, 2.45) is 18.9 Å². The minimum Gasteiger partial charge on any atom is -0.444 e. The van der Waals surface area contributed by atoms with Crippen LogP contribution in [0.25, 0.3) is 11.3 Å². The van der Waals surface area contributed by atoms with Crippen LogP contribution in [0.5, 0.6) is 0 Å². The number of carbonyl (C=O) groups excluding carboxylic acids is 4. The second kappa shape index (κ2) is 13.3. The summed E-state index contributed by atoms with van der Waals surface area (Å²) in [5.41, 5.74) is -2.52. The number of rotatable bonds is 7. The fraction of sp³-hybridized carbons (Fsp3) is 0.529. The van der Waals surface area contributed by atoms with Crippen molar-refractivity contribution < 1.29 is 51.0 Å². The van der Waals surface area contributed by atoms with Crippen molar-refractivity contribution in [3.8, 4) is 11.3 Å². The van der Waals surface area contributed by atoms with Crippen molar-refractivity contribution in [1.82, 2.24) is 39.8 Å². The maximum atomic E-state index is 13.8. The predicted octanol–water partition coefficient (Wildman–Crippen LogP) is 4.14. The summed E-state index contributed by atoms with van der Waals surface area (Å²) in [5, 5.41) is 22.1. The summed E-state index contributed by atoms with van der Waals surface area (Å²) < 4.78 is 75.6. The van der Waals surface area contributed by atoms with Gasteiger partial charge in [0.2, 0.25) is 0 Å². The normalized spacial score (nSPS) is 25.4. The van der Waals surface area contributed by atoms with Gasteiger partial charge in [-0.15, -0.1) is 0 Å².